The SMILES string of the molecule is CC1(C(N)=O)CCN(c2cc(N3CC[C@@H](O)C3)nc3c(-c4ccc(Cl)cc4)c(-c4ccccc4Cl)nn23)CC1. The fourth-order valence-corrected chi connectivity index (χ4v) is 5.88. The van der Waals surface area contributed by atoms with E-state index in [1.165, 1.54) is 0 Å². The highest BCUT2D eigenvalue weighted by molar-refractivity contribution is 6.33. The number of hydrogen-bond acceptors (Lipinski definition) is 6. The molecule has 1 amide bonds. The molecule has 10 heteroatoms. The van der Waals surface area contributed by atoms with Gasteiger partial charge in [0, 0.05) is 48.2 Å². The van der Waals surface area contributed by atoms with Crippen LogP contribution in [0, 0.1) is 5.41 Å². The Hall–Kier alpha value is -3.33. The van der Waals surface area contributed by atoms with Gasteiger partial charge in [-0.05, 0) is 43.0 Å². The number of carbonyl (C=O) groups excluding carboxylic acids is 1. The van der Waals surface area contributed by atoms with Gasteiger partial charge in [0.05, 0.1) is 16.7 Å². The van der Waals surface area contributed by atoms with Gasteiger partial charge in [0.1, 0.15) is 17.3 Å². The zero-order valence-electron chi connectivity index (χ0n) is 21.6. The fraction of sp³-hybridized carbons (Fsp3) is 0.345. The maximum absolute atomic E-state index is 12.1. The summed E-state index contributed by atoms with van der Waals surface area (Å²) < 4.78 is 1.88. The molecule has 2 aliphatic rings. The Bertz CT molecular complexity index is 1550. The molecule has 202 valence electrons. The zero-order chi connectivity index (χ0) is 27.3. The molecule has 2 fully saturated rings. The number of nitrogens with two attached hydrogens (primary N) is 1. The minimum Gasteiger partial charge on any atom is -0.391 e. The molecule has 0 spiro atoms. The summed E-state index contributed by atoms with van der Waals surface area (Å²) in [5.41, 5.74) is 9.17. The largest absolute Gasteiger partial charge is 0.391 e. The smallest absolute Gasteiger partial charge is 0.223 e. The van der Waals surface area contributed by atoms with Crippen molar-refractivity contribution in [2.45, 2.75) is 32.3 Å². The summed E-state index contributed by atoms with van der Waals surface area (Å²) in [6.07, 6.45) is 1.59. The summed E-state index contributed by atoms with van der Waals surface area (Å²) in [4.78, 5) is 21.6. The molecule has 39 heavy (non-hydrogen) atoms. The second-order valence-electron chi connectivity index (χ2n) is 10.7. The number of aromatic nitrogens is 3. The Labute approximate surface area is 236 Å². The van der Waals surface area contributed by atoms with Crippen molar-refractivity contribution in [2.75, 3.05) is 36.0 Å². The van der Waals surface area contributed by atoms with Gasteiger partial charge in [-0.3, -0.25) is 4.79 Å². The maximum atomic E-state index is 12.1. The van der Waals surface area contributed by atoms with Gasteiger partial charge in [-0.1, -0.05) is 60.5 Å². The standard InChI is InChI=1S/C29H30Cl2N6O2/c1-29(28(32)39)11-14-35(15-12-29)24-16-23(36-13-10-20(38)17-36)33-27-25(18-6-8-19(30)9-7-18)26(34-37(24)27)21-4-2-3-5-22(21)31/h2-9,16,20,38H,10-15,17H2,1H3,(H2,32,39)/t20-/m1/s1. The molecular formula is C29H30Cl2N6O2. The molecule has 0 bridgehead atoms. The third-order valence-corrected chi connectivity index (χ3v) is 8.67. The Balaban J connectivity index is 1.58. The predicted molar refractivity (Wildman–Crippen MR) is 155 cm³/mol. The van der Waals surface area contributed by atoms with Gasteiger partial charge in [-0.25, -0.2) is 4.98 Å². The van der Waals surface area contributed by atoms with E-state index in [4.69, 9.17) is 39.0 Å². The van der Waals surface area contributed by atoms with E-state index in [-0.39, 0.29) is 5.91 Å². The second-order valence-corrected chi connectivity index (χ2v) is 11.6. The minimum atomic E-state index is -0.536. The minimum absolute atomic E-state index is 0.265. The fourth-order valence-electron chi connectivity index (χ4n) is 5.53. The normalized spacial score (nSPS) is 19.1. The molecule has 2 aliphatic heterocycles. The Morgan fingerprint density at radius 2 is 1.77 bits per heavy atom. The molecule has 4 aromatic rings. The number of piperidine rings is 1. The molecule has 0 radical (unpaired) electrons. The summed E-state index contributed by atoms with van der Waals surface area (Å²) in [5.74, 6) is 1.38. The van der Waals surface area contributed by atoms with Crippen molar-refractivity contribution in [1.29, 1.82) is 0 Å². The van der Waals surface area contributed by atoms with E-state index < -0.39 is 11.5 Å². The number of amides is 1. The van der Waals surface area contributed by atoms with Crippen LogP contribution in [-0.4, -0.2) is 57.9 Å². The maximum Gasteiger partial charge on any atom is 0.223 e. The number of rotatable bonds is 5. The number of halogens is 2. The van der Waals surface area contributed by atoms with Gasteiger partial charge in [0.25, 0.3) is 0 Å². The highest BCUT2D eigenvalue weighted by atomic mass is 35.5. The number of aliphatic hydroxyl groups excluding tert-OH is 1. The summed E-state index contributed by atoms with van der Waals surface area (Å²) in [6.45, 7) is 4.47. The summed E-state index contributed by atoms with van der Waals surface area (Å²) in [5, 5.41) is 16.6. The zero-order valence-corrected chi connectivity index (χ0v) is 23.2. The summed E-state index contributed by atoms with van der Waals surface area (Å²) >= 11 is 12.9. The van der Waals surface area contributed by atoms with Crippen LogP contribution in [0.5, 0.6) is 0 Å². The highest BCUT2D eigenvalue weighted by Gasteiger charge is 2.36. The average Bonchev–Trinajstić information content (AvgIpc) is 3.53. The molecule has 0 aliphatic carbocycles. The van der Waals surface area contributed by atoms with E-state index in [0.717, 1.165) is 28.3 Å². The lowest BCUT2D eigenvalue weighted by atomic mass is 9.80. The molecule has 3 N–H and O–H groups in total. The summed E-state index contributed by atoms with van der Waals surface area (Å²) in [7, 11) is 0. The van der Waals surface area contributed by atoms with Crippen LogP contribution in [0.3, 0.4) is 0 Å². The number of fused-ring (bicyclic) bond motifs is 1. The lowest BCUT2D eigenvalue weighted by molar-refractivity contribution is -0.127. The monoisotopic (exact) mass is 564 g/mol. The van der Waals surface area contributed by atoms with Crippen LogP contribution in [0.2, 0.25) is 10.0 Å². The number of nitrogens with zero attached hydrogens (tertiary/aromatic N) is 5. The Morgan fingerprint density at radius 1 is 1.05 bits per heavy atom. The van der Waals surface area contributed by atoms with Gasteiger partial charge < -0.3 is 20.6 Å². The van der Waals surface area contributed by atoms with E-state index >= 15 is 0 Å². The lowest BCUT2D eigenvalue weighted by Gasteiger charge is -2.38. The van der Waals surface area contributed by atoms with Crippen LogP contribution >= 0.6 is 23.2 Å². The summed E-state index contributed by atoms with van der Waals surface area (Å²) in [6, 6.07) is 17.3. The van der Waals surface area contributed by atoms with Crippen LogP contribution in [0.15, 0.2) is 54.6 Å². The third kappa shape index (κ3) is 4.71. The molecule has 1 atom stereocenters. The van der Waals surface area contributed by atoms with Crippen molar-refractivity contribution in [3.8, 4) is 22.4 Å². The van der Waals surface area contributed by atoms with Crippen molar-refractivity contribution in [3.05, 3.63) is 64.6 Å². The Kier molecular flexibility index (Phi) is 6.65. The lowest BCUT2D eigenvalue weighted by Crippen LogP contribution is -2.46. The number of aliphatic hydroxyl groups is 1. The molecular weight excluding hydrogens is 535 g/mol. The quantitative estimate of drug-likeness (QED) is 0.352. The van der Waals surface area contributed by atoms with Crippen molar-refractivity contribution < 1.29 is 9.90 Å². The molecule has 0 saturated carbocycles. The van der Waals surface area contributed by atoms with Crippen molar-refractivity contribution in [1.82, 2.24) is 14.6 Å². The highest BCUT2D eigenvalue weighted by Crippen LogP contribution is 2.41. The third-order valence-electron chi connectivity index (χ3n) is 8.09. The van der Waals surface area contributed by atoms with E-state index in [0.29, 0.717) is 66.8 Å². The van der Waals surface area contributed by atoms with Crippen LogP contribution < -0.4 is 15.5 Å². The van der Waals surface area contributed by atoms with Crippen molar-refractivity contribution in [3.63, 3.8) is 0 Å². The van der Waals surface area contributed by atoms with Crippen LogP contribution in [0.1, 0.15) is 26.2 Å². The number of carbonyl (C=O) groups is 1. The average molecular weight is 566 g/mol. The van der Waals surface area contributed by atoms with Crippen LogP contribution in [0.4, 0.5) is 11.6 Å². The molecule has 6 rings (SSSR count). The topological polar surface area (TPSA) is 100.0 Å². The number of hydrogen-bond donors (Lipinski definition) is 2. The van der Waals surface area contributed by atoms with E-state index in [1.807, 2.05) is 66.0 Å². The number of anilines is 2. The number of benzene rings is 2. The van der Waals surface area contributed by atoms with Gasteiger partial charge in [-0.15, -0.1) is 0 Å². The predicted octanol–water partition coefficient (Wildman–Crippen LogP) is 5.03. The Morgan fingerprint density at radius 3 is 2.41 bits per heavy atom. The first-order valence-electron chi connectivity index (χ1n) is 13.2. The molecule has 4 heterocycles. The molecule has 8 nitrogen and oxygen atoms in total. The molecule has 2 aromatic heterocycles. The first-order valence-corrected chi connectivity index (χ1v) is 13.9. The molecule has 2 saturated heterocycles. The van der Waals surface area contributed by atoms with E-state index in [1.54, 1.807) is 0 Å². The number of primary amides is 1. The molecule has 2 aromatic carbocycles. The van der Waals surface area contributed by atoms with Gasteiger partial charge >= 0.3 is 0 Å². The van der Waals surface area contributed by atoms with Crippen molar-refractivity contribution in [2.24, 2.45) is 11.1 Å². The van der Waals surface area contributed by atoms with Gasteiger partial charge in [0.2, 0.25) is 5.91 Å². The second kappa shape index (κ2) is 10.0. The van der Waals surface area contributed by atoms with Crippen LogP contribution in [0.25, 0.3) is 28.0 Å². The van der Waals surface area contributed by atoms with Crippen LogP contribution in [-0.2, 0) is 4.79 Å². The number of β-amino-alcohol motifs (C(OH)–C–C–N with tert-alkyl or cyclic N) is 1. The molecule has 0 unspecified atom stereocenters. The van der Waals surface area contributed by atoms with E-state index in [9.17, 15) is 9.90 Å². The van der Waals surface area contributed by atoms with Gasteiger partial charge in [0.15, 0.2) is 5.65 Å². The first kappa shape index (κ1) is 25.9. The van der Waals surface area contributed by atoms with Gasteiger partial charge in [-0.2, -0.15) is 9.61 Å². The van der Waals surface area contributed by atoms with Crippen molar-refractivity contribution >= 4 is 46.4 Å². The van der Waals surface area contributed by atoms with E-state index in [2.05, 4.69) is 9.80 Å². The first-order chi connectivity index (χ1) is 18.7.